The van der Waals surface area contributed by atoms with Gasteiger partial charge >= 0.3 is 0 Å². The number of thiazole rings is 1. The molecular formula is C24H22N6O3S. The van der Waals surface area contributed by atoms with Crippen molar-refractivity contribution in [2.75, 3.05) is 16.8 Å². The first kappa shape index (κ1) is 21.8. The number of aromatic nitrogens is 3. The number of nitrogens with zero attached hydrogens (tertiary/aromatic N) is 5. The van der Waals surface area contributed by atoms with Gasteiger partial charge in [-0.2, -0.15) is 0 Å². The van der Waals surface area contributed by atoms with Gasteiger partial charge in [-0.15, -0.1) is 11.3 Å². The number of anilines is 2. The van der Waals surface area contributed by atoms with Crippen LogP contribution in [0.25, 0.3) is 0 Å². The zero-order chi connectivity index (χ0) is 23.5. The molecule has 1 aliphatic rings. The second-order valence-electron chi connectivity index (χ2n) is 8.03. The Kier molecular flexibility index (Phi) is 6.05. The highest BCUT2D eigenvalue weighted by atomic mass is 32.1. The lowest BCUT2D eigenvalue weighted by atomic mass is 10.1. The van der Waals surface area contributed by atoms with Crippen molar-refractivity contribution in [2.45, 2.75) is 25.4 Å². The molecule has 172 valence electrons. The number of amides is 1. The average Bonchev–Trinajstić information content (AvgIpc) is 3.60. The first-order chi connectivity index (χ1) is 16.6. The lowest BCUT2D eigenvalue weighted by Crippen LogP contribution is -2.23. The molecule has 4 heterocycles. The van der Waals surface area contributed by atoms with Gasteiger partial charge in [0.1, 0.15) is 5.69 Å². The van der Waals surface area contributed by atoms with Gasteiger partial charge in [-0.1, -0.05) is 0 Å². The average molecular weight is 475 g/mol. The number of carbonyl (C=O) groups is 1. The molecule has 0 spiro atoms. The van der Waals surface area contributed by atoms with E-state index in [9.17, 15) is 14.9 Å². The predicted molar refractivity (Wildman–Crippen MR) is 130 cm³/mol. The summed E-state index contributed by atoms with van der Waals surface area (Å²) in [7, 11) is 0. The molecule has 0 radical (unpaired) electrons. The van der Waals surface area contributed by atoms with Crippen LogP contribution in [0.1, 0.15) is 40.6 Å². The van der Waals surface area contributed by atoms with E-state index in [1.807, 2.05) is 34.3 Å². The van der Waals surface area contributed by atoms with Crippen LogP contribution in [-0.2, 0) is 6.54 Å². The van der Waals surface area contributed by atoms with E-state index in [0.29, 0.717) is 17.4 Å². The van der Waals surface area contributed by atoms with E-state index in [2.05, 4.69) is 15.2 Å². The Bertz CT molecular complexity index is 1300. The third-order valence-electron chi connectivity index (χ3n) is 5.89. The van der Waals surface area contributed by atoms with E-state index in [4.69, 9.17) is 4.98 Å². The van der Waals surface area contributed by atoms with Crippen LogP contribution in [-0.4, -0.2) is 31.9 Å². The third-order valence-corrected chi connectivity index (χ3v) is 6.67. The summed E-state index contributed by atoms with van der Waals surface area (Å²) in [5.41, 5.74) is 3.52. The first-order valence-electron chi connectivity index (χ1n) is 10.9. The molecule has 1 amide bonds. The van der Waals surface area contributed by atoms with Crippen molar-refractivity contribution >= 4 is 33.8 Å². The van der Waals surface area contributed by atoms with Crippen molar-refractivity contribution < 1.29 is 9.72 Å². The van der Waals surface area contributed by atoms with Gasteiger partial charge in [-0.05, 0) is 54.8 Å². The van der Waals surface area contributed by atoms with Gasteiger partial charge in [0.05, 0.1) is 16.7 Å². The number of nitrogens with one attached hydrogen (secondary N) is 1. The van der Waals surface area contributed by atoms with Crippen molar-refractivity contribution in [2.24, 2.45) is 0 Å². The number of nitro groups is 1. The molecule has 0 aliphatic carbocycles. The van der Waals surface area contributed by atoms with Crippen LogP contribution < -0.4 is 10.2 Å². The third kappa shape index (κ3) is 4.53. The molecule has 1 atom stereocenters. The normalized spacial score (nSPS) is 15.4. The number of hydrogen-bond acceptors (Lipinski definition) is 7. The molecule has 0 saturated carbocycles. The predicted octanol–water partition coefficient (Wildman–Crippen LogP) is 4.89. The van der Waals surface area contributed by atoms with Crippen LogP contribution in [0.5, 0.6) is 0 Å². The minimum atomic E-state index is -0.395. The summed E-state index contributed by atoms with van der Waals surface area (Å²) >= 11 is 1.40. The van der Waals surface area contributed by atoms with E-state index >= 15 is 0 Å². The number of carbonyl (C=O) groups excluding carboxylic acids is 1. The van der Waals surface area contributed by atoms with Crippen LogP contribution in [0, 0.1) is 10.1 Å². The summed E-state index contributed by atoms with van der Waals surface area (Å²) in [4.78, 5) is 34.4. The van der Waals surface area contributed by atoms with E-state index in [1.54, 1.807) is 30.6 Å². The molecule has 9 nitrogen and oxygen atoms in total. The molecule has 1 N–H and O–H groups in total. The molecule has 1 aliphatic heterocycles. The van der Waals surface area contributed by atoms with Crippen molar-refractivity contribution in [3.05, 3.63) is 99.6 Å². The molecule has 1 aromatic carbocycles. The molecule has 0 bridgehead atoms. The van der Waals surface area contributed by atoms with Gasteiger partial charge in [0.15, 0.2) is 5.13 Å². The van der Waals surface area contributed by atoms with Gasteiger partial charge in [-0.25, -0.2) is 4.98 Å². The van der Waals surface area contributed by atoms with E-state index in [-0.39, 0.29) is 17.6 Å². The van der Waals surface area contributed by atoms with Gasteiger partial charge < -0.3 is 9.47 Å². The number of rotatable bonds is 7. The van der Waals surface area contributed by atoms with Gasteiger partial charge in [0.25, 0.3) is 11.6 Å². The number of nitro benzene ring substituents is 1. The summed E-state index contributed by atoms with van der Waals surface area (Å²) in [5.74, 6) is -0.210. The molecule has 4 aromatic rings. The van der Waals surface area contributed by atoms with Crippen molar-refractivity contribution in [1.29, 1.82) is 0 Å². The van der Waals surface area contributed by atoms with E-state index in [0.717, 1.165) is 36.3 Å². The van der Waals surface area contributed by atoms with Crippen molar-refractivity contribution in [3.63, 3.8) is 0 Å². The maximum atomic E-state index is 12.9. The monoisotopic (exact) mass is 474 g/mol. The molecule has 1 saturated heterocycles. The fourth-order valence-electron chi connectivity index (χ4n) is 4.25. The van der Waals surface area contributed by atoms with E-state index < -0.39 is 4.92 Å². The van der Waals surface area contributed by atoms with Crippen LogP contribution in [0.15, 0.2) is 72.5 Å². The number of benzene rings is 1. The van der Waals surface area contributed by atoms with Gasteiger partial charge in [-0.3, -0.25) is 25.2 Å². The summed E-state index contributed by atoms with van der Waals surface area (Å²) in [5, 5.41) is 16.4. The maximum Gasteiger partial charge on any atom is 0.274 e. The Morgan fingerprint density at radius 2 is 1.97 bits per heavy atom. The minimum absolute atomic E-state index is 0.0684. The van der Waals surface area contributed by atoms with Gasteiger partial charge in [0, 0.05) is 54.9 Å². The minimum Gasteiger partial charge on any atom is -0.363 e. The highest BCUT2D eigenvalue weighted by Crippen LogP contribution is 2.37. The first-order valence-corrected chi connectivity index (χ1v) is 11.8. The SMILES string of the molecule is O=C(Nc1nc(C2CCCN2c2ccc([N+](=O)[O-])cc2)cs1)c1cccn1Cc1ccncc1. The molecule has 1 fully saturated rings. The van der Waals surface area contributed by atoms with Crippen molar-refractivity contribution in [3.8, 4) is 0 Å². The number of hydrogen-bond donors (Lipinski definition) is 1. The number of non-ortho nitro benzene ring substituents is 1. The lowest BCUT2D eigenvalue weighted by molar-refractivity contribution is -0.384. The molecule has 5 rings (SSSR count). The standard InChI is InChI=1S/C24H22N6O3S/c31-23(22-4-1-13-28(22)15-17-9-11-25-12-10-17)27-24-26-20(16-34-24)21-3-2-14-29(21)18-5-7-19(8-6-18)30(32)33/h1,4-13,16,21H,2-3,14-15H2,(H,26,27,31). The summed E-state index contributed by atoms with van der Waals surface area (Å²) in [6, 6.07) is 14.2. The summed E-state index contributed by atoms with van der Waals surface area (Å²) in [6.45, 7) is 1.43. The molecule has 1 unspecified atom stereocenters. The van der Waals surface area contributed by atoms with Crippen LogP contribution in [0.4, 0.5) is 16.5 Å². The second kappa shape index (κ2) is 9.44. The van der Waals surface area contributed by atoms with E-state index in [1.165, 1.54) is 23.5 Å². The van der Waals surface area contributed by atoms with Crippen LogP contribution in [0.3, 0.4) is 0 Å². The lowest BCUT2D eigenvalue weighted by Gasteiger charge is -2.25. The maximum absolute atomic E-state index is 12.9. The molecule has 10 heteroatoms. The topological polar surface area (TPSA) is 106 Å². The quantitative estimate of drug-likeness (QED) is 0.302. The Labute approximate surface area is 199 Å². The van der Waals surface area contributed by atoms with Crippen molar-refractivity contribution in [1.82, 2.24) is 14.5 Å². The van der Waals surface area contributed by atoms with Gasteiger partial charge in [0.2, 0.25) is 0 Å². The zero-order valence-corrected chi connectivity index (χ0v) is 19.0. The largest absolute Gasteiger partial charge is 0.363 e. The van der Waals surface area contributed by atoms with Crippen LogP contribution in [0.2, 0.25) is 0 Å². The summed E-state index contributed by atoms with van der Waals surface area (Å²) in [6.07, 6.45) is 7.28. The highest BCUT2D eigenvalue weighted by molar-refractivity contribution is 7.14. The zero-order valence-electron chi connectivity index (χ0n) is 18.2. The Balaban J connectivity index is 1.28. The second-order valence-corrected chi connectivity index (χ2v) is 8.89. The number of pyridine rings is 1. The fraction of sp³-hybridized carbons (Fsp3) is 0.208. The molecule has 3 aromatic heterocycles. The Morgan fingerprint density at radius 1 is 1.18 bits per heavy atom. The van der Waals surface area contributed by atoms with Crippen LogP contribution >= 0.6 is 11.3 Å². The molecular weight excluding hydrogens is 452 g/mol. The fourth-order valence-corrected chi connectivity index (χ4v) is 5.00. The Hall–Kier alpha value is -4.05. The summed E-state index contributed by atoms with van der Waals surface area (Å²) < 4.78 is 1.90. The Morgan fingerprint density at radius 3 is 2.74 bits per heavy atom. The molecule has 34 heavy (non-hydrogen) atoms. The highest BCUT2D eigenvalue weighted by Gasteiger charge is 2.29. The smallest absolute Gasteiger partial charge is 0.274 e.